The van der Waals surface area contributed by atoms with E-state index in [1.807, 2.05) is 32.2 Å². The van der Waals surface area contributed by atoms with Crippen molar-refractivity contribution in [2.75, 3.05) is 32.0 Å². The van der Waals surface area contributed by atoms with Gasteiger partial charge >= 0.3 is 0 Å². The average molecular weight is 275 g/mol. The summed E-state index contributed by atoms with van der Waals surface area (Å²) >= 11 is 0. The lowest BCUT2D eigenvalue weighted by Gasteiger charge is -2.24. The number of anilines is 1. The fraction of sp³-hybridized carbons (Fsp3) is 0.562. The van der Waals surface area contributed by atoms with E-state index in [1.54, 1.807) is 0 Å². The zero-order chi connectivity index (χ0) is 14.5. The summed E-state index contributed by atoms with van der Waals surface area (Å²) in [6.45, 7) is 7.20. The van der Waals surface area contributed by atoms with Gasteiger partial charge in [-0.05, 0) is 51.9 Å². The minimum atomic E-state index is 0.00379. The van der Waals surface area contributed by atoms with Crippen LogP contribution in [0.1, 0.15) is 35.7 Å². The quantitative estimate of drug-likeness (QED) is 0.866. The molecular formula is C16H25N3O. The zero-order valence-electron chi connectivity index (χ0n) is 12.7. The van der Waals surface area contributed by atoms with Crippen molar-refractivity contribution < 1.29 is 4.79 Å². The molecule has 1 unspecified atom stereocenters. The molecule has 4 nitrogen and oxygen atoms in total. The van der Waals surface area contributed by atoms with Crippen LogP contribution in [-0.2, 0) is 0 Å². The molecule has 110 valence electrons. The first-order valence-electron chi connectivity index (χ1n) is 7.42. The van der Waals surface area contributed by atoms with Crippen molar-refractivity contribution >= 4 is 11.6 Å². The number of nitrogens with zero attached hydrogens (tertiary/aromatic N) is 1. The molecule has 1 amide bonds. The van der Waals surface area contributed by atoms with Crippen LogP contribution < -0.4 is 10.6 Å². The summed E-state index contributed by atoms with van der Waals surface area (Å²) in [5, 5.41) is 6.13. The molecule has 2 rings (SSSR count). The highest BCUT2D eigenvalue weighted by Crippen LogP contribution is 2.17. The van der Waals surface area contributed by atoms with Crippen LogP contribution in [0.4, 0.5) is 5.69 Å². The second kappa shape index (κ2) is 6.75. The monoisotopic (exact) mass is 275 g/mol. The van der Waals surface area contributed by atoms with Crippen LogP contribution in [0.15, 0.2) is 18.2 Å². The molecule has 1 heterocycles. The Hall–Kier alpha value is -1.55. The maximum absolute atomic E-state index is 12.3. The minimum Gasteiger partial charge on any atom is -0.387 e. The van der Waals surface area contributed by atoms with E-state index in [2.05, 4.69) is 22.5 Å². The first kappa shape index (κ1) is 14.9. The number of benzene rings is 1. The average Bonchev–Trinajstić information content (AvgIpc) is 2.98. The molecule has 0 bridgehead atoms. The van der Waals surface area contributed by atoms with Crippen LogP contribution in [0.2, 0.25) is 0 Å². The summed E-state index contributed by atoms with van der Waals surface area (Å²) in [6, 6.07) is 6.30. The number of hydrogen-bond acceptors (Lipinski definition) is 3. The maximum atomic E-state index is 12.3. The van der Waals surface area contributed by atoms with Crippen molar-refractivity contribution in [1.82, 2.24) is 10.2 Å². The maximum Gasteiger partial charge on any atom is 0.253 e. The number of rotatable bonds is 5. The standard InChI is InChI=1S/C16H25N3O/c1-12-6-7-15(17-3)14(10-12)16(20)18-11-13(2)19-8-4-5-9-19/h6-7,10,13,17H,4-5,8-9,11H2,1-3H3,(H,18,20). The summed E-state index contributed by atoms with van der Waals surface area (Å²) in [5.74, 6) is 0.00379. The molecule has 0 radical (unpaired) electrons. The van der Waals surface area contributed by atoms with Gasteiger partial charge in [0.15, 0.2) is 0 Å². The van der Waals surface area contributed by atoms with Crippen molar-refractivity contribution in [2.24, 2.45) is 0 Å². The van der Waals surface area contributed by atoms with Crippen molar-refractivity contribution in [1.29, 1.82) is 0 Å². The number of likely N-dealkylation sites (tertiary alicyclic amines) is 1. The third-order valence-corrected chi connectivity index (χ3v) is 4.01. The third kappa shape index (κ3) is 3.51. The molecule has 1 saturated heterocycles. The van der Waals surface area contributed by atoms with Crippen molar-refractivity contribution in [3.05, 3.63) is 29.3 Å². The van der Waals surface area contributed by atoms with Gasteiger partial charge in [-0.1, -0.05) is 11.6 Å². The van der Waals surface area contributed by atoms with Gasteiger partial charge in [0.25, 0.3) is 5.91 Å². The van der Waals surface area contributed by atoms with Gasteiger partial charge in [-0.3, -0.25) is 9.69 Å². The van der Waals surface area contributed by atoms with E-state index in [1.165, 1.54) is 12.8 Å². The van der Waals surface area contributed by atoms with E-state index in [0.29, 0.717) is 12.6 Å². The lowest BCUT2D eigenvalue weighted by molar-refractivity contribution is 0.0941. The lowest BCUT2D eigenvalue weighted by atomic mass is 10.1. The Balaban J connectivity index is 1.95. The van der Waals surface area contributed by atoms with Gasteiger partial charge in [-0.25, -0.2) is 0 Å². The van der Waals surface area contributed by atoms with Crippen LogP contribution >= 0.6 is 0 Å². The van der Waals surface area contributed by atoms with Gasteiger partial charge in [0, 0.05) is 25.3 Å². The molecule has 0 saturated carbocycles. The summed E-state index contributed by atoms with van der Waals surface area (Å²) < 4.78 is 0. The molecule has 1 atom stereocenters. The molecule has 20 heavy (non-hydrogen) atoms. The Bertz CT molecular complexity index is 467. The van der Waals surface area contributed by atoms with Crippen molar-refractivity contribution in [2.45, 2.75) is 32.7 Å². The highest BCUT2D eigenvalue weighted by atomic mass is 16.1. The lowest BCUT2D eigenvalue weighted by Crippen LogP contribution is -2.40. The Labute approximate surface area is 121 Å². The van der Waals surface area contributed by atoms with Gasteiger partial charge in [0.05, 0.1) is 5.56 Å². The van der Waals surface area contributed by atoms with Gasteiger partial charge < -0.3 is 10.6 Å². The van der Waals surface area contributed by atoms with E-state index < -0.39 is 0 Å². The Morgan fingerprint density at radius 2 is 2.05 bits per heavy atom. The van der Waals surface area contributed by atoms with Gasteiger partial charge in [0.1, 0.15) is 0 Å². The zero-order valence-corrected chi connectivity index (χ0v) is 12.7. The summed E-state index contributed by atoms with van der Waals surface area (Å²) in [5.41, 5.74) is 2.70. The number of nitrogens with one attached hydrogen (secondary N) is 2. The Kier molecular flexibility index (Phi) is 5.01. The number of aryl methyl sites for hydroxylation is 1. The van der Waals surface area contributed by atoms with E-state index in [4.69, 9.17) is 0 Å². The van der Waals surface area contributed by atoms with E-state index in [0.717, 1.165) is 29.9 Å². The molecular weight excluding hydrogens is 250 g/mol. The molecule has 1 aliphatic heterocycles. The van der Waals surface area contributed by atoms with Gasteiger partial charge in [0.2, 0.25) is 0 Å². The van der Waals surface area contributed by atoms with E-state index in [9.17, 15) is 4.79 Å². The fourth-order valence-electron chi connectivity index (χ4n) is 2.71. The van der Waals surface area contributed by atoms with Crippen LogP contribution in [0.5, 0.6) is 0 Å². The minimum absolute atomic E-state index is 0.00379. The van der Waals surface area contributed by atoms with E-state index >= 15 is 0 Å². The molecule has 1 aromatic rings. The predicted octanol–water partition coefficient (Wildman–Crippen LogP) is 2.25. The predicted molar refractivity (Wildman–Crippen MR) is 83.3 cm³/mol. The first-order valence-corrected chi connectivity index (χ1v) is 7.42. The summed E-state index contributed by atoms with van der Waals surface area (Å²) in [4.78, 5) is 14.8. The molecule has 0 aromatic heterocycles. The first-order chi connectivity index (χ1) is 9.61. The Morgan fingerprint density at radius 3 is 2.70 bits per heavy atom. The smallest absolute Gasteiger partial charge is 0.253 e. The van der Waals surface area contributed by atoms with Crippen molar-refractivity contribution in [3.8, 4) is 0 Å². The SMILES string of the molecule is CNc1ccc(C)cc1C(=O)NCC(C)N1CCCC1. The highest BCUT2D eigenvalue weighted by molar-refractivity contribution is 5.99. The van der Waals surface area contributed by atoms with Crippen molar-refractivity contribution in [3.63, 3.8) is 0 Å². The van der Waals surface area contributed by atoms with Gasteiger partial charge in [-0.2, -0.15) is 0 Å². The van der Waals surface area contributed by atoms with E-state index in [-0.39, 0.29) is 5.91 Å². The third-order valence-electron chi connectivity index (χ3n) is 4.01. The van der Waals surface area contributed by atoms with Crippen LogP contribution in [-0.4, -0.2) is 43.5 Å². The van der Waals surface area contributed by atoms with Gasteiger partial charge in [-0.15, -0.1) is 0 Å². The number of hydrogen-bond donors (Lipinski definition) is 2. The topological polar surface area (TPSA) is 44.4 Å². The summed E-state index contributed by atoms with van der Waals surface area (Å²) in [6.07, 6.45) is 2.56. The molecule has 1 aromatic carbocycles. The number of carbonyl (C=O) groups excluding carboxylic acids is 1. The Morgan fingerprint density at radius 1 is 1.35 bits per heavy atom. The number of amides is 1. The van der Waals surface area contributed by atoms with Crippen LogP contribution in [0, 0.1) is 6.92 Å². The molecule has 0 spiro atoms. The fourth-order valence-corrected chi connectivity index (χ4v) is 2.71. The largest absolute Gasteiger partial charge is 0.387 e. The van der Waals surface area contributed by atoms with Crippen LogP contribution in [0.25, 0.3) is 0 Å². The molecule has 0 aliphatic carbocycles. The second-order valence-electron chi connectivity index (χ2n) is 5.60. The molecule has 1 aliphatic rings. The molecule has 1 fully saturated rings. The second-order valence-corrected chi connectivity index (χ2v) is 5.60. The number of carbonyl (C=O) groups is 1. The normalized spacial score (nSPS) is 16.9. The van der Waals surface area contributed by atoms with Crippen LogP contribution in [0.3, 0.4) is 0 Å². The highest BCUT2D eigenvalue weighted by Gasteiger charge is 2.19. The molecule has 4 heteroatoms. The molecule has 2 N–H and O–H groups in total. The summed E-state index contributed by atoms with van der Waals surface area (Å²) in [7, 11) is 1.84.